The molecule has 3 rings (SSSR count). The number of hydrogen-bond acceptors (Lipinski definition) is 5. The Kier molecular flexibility index (Phi) is 6.13. The number of hydrogen-bond donors (Lipinski definition) is 0. The molecule has 2 aromatic heterocycles. The second-order valence-electron chi connectivity index (χ2n) is 6.13. The molecule has 0 N–H and O–H groups in total. The second kappa shape index (κ2) is 8.35. The fourth-order valence-electron chi connectivity index (χ4n) is 2.79. The van der Waals surface area contributed by atoms with Crippen molar-refractivity contribution in [2.45, 2.75) is 19.6 Å². The first-order chi connectivity index (χ1) is 12.5. The SMILES string of the molecule is COc1ccc(Cl)cc1CN(C)Cn1nc(Cc2cccs2)n(C)c1=S. The number of methoxy groups -OCH3 is 1. The van der Waals surface area contributed by atoms with Crippen LogP contribution in [0.1, 0.15) is 16.3 Å². The van der Waals surface area contributed by atoms with Crippen LogP contribution in [-0.2, 0) is 26.7 Å². The third kappa shape index (κ3) is 4.35. The Morgan fingerprint density at radius 1 is 1.35 bits per heavy atom. The standard InChI is InChI=1S/C18H21ClN4OS2/c1-21(11-13-9-14(19)6-7-16(13)24-3)12-23-18(25)22(2)17(20-23)10-15-5-4-8-26-15/h4-9H,10-12H2,1-3H3. The van der Waals surface area contributed by atoms with Crippen molar-refractivity contribution in [3.8, 4) is 5.75 Å². The third-order valence-corrected chi connectivity index (χ3v) is 5.70. The first-order valence-electron chi connectivity index (χ1n) is 8.14. The molecular weight excluding hydrogens is 388 g/mol. The van der Waals surface area contributed by atoms with E-state index in [1.165, 1.54) is 4.88 Å². The van der Waals surface area contributed by atoms with Gasteiger partial charge in [-0.3, -0.25) is 4.90 Å². The Morgan fingerprint density at radius 3 is 2.85 bits per heavy atom. The highest BCUT2D eigenvalue weighted by atomic mass is 35.5. The predicted octanol–water partition coefficient (Wildman–Crippen LogP) is 4.35. The van der Waals surface area contributed by atoms with E-state index < -0.39 is 0 Å². The van der Waals surface area contributed by atoms with E-state index in [0.29, 0.717) is 23.0 Å². The first kappa shape index (κ1) is 19.1. The lowest BCUT2D eigenvalue weighted by atomic mass is 10.2. The molecule has 0 spiro atoms. The van der Waals surface area contributed by atoms with Crippen molar-refractivity contribution in [2.75, 3.05) is 14.2 Å². The highest BCUT2D eigenvalue weighted by Crippen LogP contribution is 2.24. The Morgan fingerprint density at radius 2 is 2.15 bits per heavy atom. The van der Waals surface area contributed by atoms with Crippen LogP contribution in [0.15, 0.2) is 35.7 Å². The van der Waals surface area contributed by atoms with Crippen LogP contribution in [0, 0.1) is 4.77 Å². The van der Waals surface area contributed by atoms with Crippen molar-refractivity contribution < 1.29 is 4.74 Å². The van der Waals surface area contributed by atoms with Crippen molar-refractivity contribution in [2.24, 2.45) is 7.05 Å². The molecule has 0 aliphatic heterocycles. The Labute approximate surface area is 167 Å². The highest BCUT2D eigenvalue weighted by molar-refractivity contribution is 7.71. The summed E-state index contributed by atoms with van der Waals surface area (Å²) < 4.78 is 9.97. The largest absolute Gasteiger partial charge is 0.496 e. The highest BCUT2D eigenvalue weighted by Gasteiger charge is 2.12. The number of benzene rings is 1. The summed E-state index contributed by atoms with van der Waals surface area (Å²) in [7, 11) is 5.66. The van der Waals surface area contributed by atoms with Gasteiger partial charge in [0.1, 0.15) is 11.6 Å². The molecule has 0 atom stereocenters. The van der Waals surface area contributed by atoms with Gasteiger partial charge in [0, 0.05) is 35.5 Å². The van der Waals surface area contributed by atoms with Crippen molar-refractivity contribution in [3.05, 3.63) is 61.8 Å². The predicted molar refractivity (Wildman–Crippen MR) is 109 cm³/mol. The topological polar surface area (TPSA) is 35.2 Å². The van der Waals surface area contributed by atoms with Gasteiger partial charge in [0.05, 0.1) is 13.8 Å². The molecular formula is C18H21ClN4OS2. The van der Waals surface area contributed by atoms with Crippen molar-refractivity contribution in [1.82, 2.24) is 19.2 Å². The van der Waals surface area contributed by atoms with E-state index >= 15 is 0 Å². The van der Waals surface area contributed by atoms with E-state index in [9.17, 15) is 0 Å². The molecule has 8 heteroatoms. The summed E-state index contributed by atoms with van der Waals surface area (Å²) in [5.74, 6) is 1.79. The Hall–Kier alpha value is -1.67. The van der Waals surface area contributed by atoms with Gasteiger partial charge in [0.15, 0.2) is 4.77 Å². The molecule has 0 saturated carbocycles. The number of rotatable bonds is 7. The lowest BCUT2D eigenvalue weighted by Crippen LogP contribution is -2.23. The zero-order valence-corrected chi connectivity index (χ0v) is 17.4. The normalized spacial score (nSPS) is 11.3. The molecule has 0 bridgehead atoms. The molecule has 3 aromatic rings. The summed E-state index contributed by atoms with van der Waals surface area (Å²) in [6.45, 7) is 1.27. The van der Waals surface area contributed by atoms with Gasteiger partial charge in [-0.25, -0.2) is 4.68 Å². The number of halogens is 1. The number of thiophene rings is 1. The third-order valence-electron chi connectivity index (χ3n) is 4.10. The van der Waals surface area contributed by atoms with Crippen LogP contribution in [0.3, 0.4) is 0 Å². The van der Waals surface area contributed by atoms with E-state index in [-0.39, 0.29) is 0 Å². The van der Waals surface area contributed by atoms with Gasteiger partial charge in [0.2, 0.25) is 0 Å². The summed E-state index contributed by atoms with van der Waals surface area (Å²) in [5, 5.41) is 7.48. The van der Waals surface area contributed by atoms with Crippen LogP contribution >= 0.6 is 35.2 Å². The molecule has 0 fully saturated rings. The van der Waals surface area contributed by atoms with Crippen LogP contribution < -0.4 is 4.74 Å². The molecule has 0 aliphatic rings. The first-order valence-corrected chi connectivity index (χ1v) is 9.80. The number of nitrogens with zero attached hydrogens (tertiary/aromatic N) is 4. The minimum atomic E-state index is 0.590. The second-order valence-corrected chi connectivity index (χ2v) is 7.96. The quantitative estimate of drug-likeness (QED) is 0.544. The summed E-state index contributed by atoms with van der Waals surface area (Å²) in [4.78, 5) is 3.41. The van der Waals surface area contributed by atoms with Crippen LogP contribution in [-0.4, -0.2) is 33.4 Å². The van der Waals surface area contributed by atoms with Crippen LogP contribution in [0.25, 0.3) is 0 Å². The average molecular weight is 409 g/mol. The smallest absolute Gasteiger partial charge is 0.198 e. The summed E-state index contributed by atoms with van der Waals surface area (Å²) in [6, 6.07) is 9.81. The van der Waals surface area contributed by atoms with E-state index in [2.05, 4.69) is 22.4 Å². The maximum atomic E-state index is 6.12. The van der Waals surface area contributed by atoms with Gasteiger partial charge in [-0.1, -0.05) is 17.7 Å². The molecule has 26 heavy (non-hydrogen) atoms. The molecule has 0 radical (unpaired) electrons. The summed E-state index contributed by atoms with van der Waals surface area (Å²) in [5.41, 5.74) is 1.03. The van der Waals surface area contributed by atoms with E-state index in [1.54, 1.807) is 18.4 Å². The number of ether oxygens (including phenoxy) is 1. The fourth-order valence-corrected chi connectivity index (χ4v) is 3.89. The monoisotopic (exact) mass is 408 g/mol. The van der Waals surface area contributed by atoms with Crippen molar-refractivity contribution >= 4 is 35.2 Å². The molecule has 0 amide bonds. The maximum Gasteiger partial charge on any atom is 0.198 e. The van der Waals surface area contributed by atoms with Crippen LogP contribution in [0.5, 0.6) is 5.75 Å². The molecule has 138 valence electrons. The van der Waals surface area contributed by atoms with Crippen LogP contribution in [0.4, 0.5) is 0 Å². The summed E-state index contributed by atoms with van der Waals surface area (Å²) >= 11 is 13.4. The molecule has 1 aromatic carbocycles. The van der Waals surface area contributed by atoms with Gasteiger partial charge in [0.25, 0.3) is 0 Å². The lowest BCUT2D eigenvalue weighted by molar-refractivity contribution is 0.240. The van der Waals surface area contributed by atoms with Crippen molar-refractivity contribution in [1.29, 1.82) is 0 Å². The van der Waals surface area contributed by atoms with Crippen LogP contribution in [0.2, 0.25) is 5.02 Å². The zero-order chi connectivity index (χ0) is 18.7. The molecule has 0 aliphatic carbocycles. The van der Waals surface area contributed by atoms with Gasteiger partial charge in [-0.05, 0) is 48.9 Å². The Balaban J connectivity index is 1.74. The van der Waals surface area contributed by atoms with Gasteiger partial charge >= 0.3 is 0 Å². The minimum absolute atomic E-state index is 0.590. The average Bonchev–Trinajstić information content (AvgIpc) is 3.20. The van der Waals surface area contributed by atoms with Crippen molar-refractivity contribution in [3.63, 3.8) is 0 Å². The zero-order valence-electron chi connectivity index (χ0n) is 15.0. The molecule has 2 heterocycles. The Bertz CT molecular complexity index is 933. The van der Waals surface area contributed by atoms with E-state index in [4.69, 9.17) is 33.7 Å². The maximum absolute atomic E-state index is 6.12. The minimum Gasteiger partial charge on any atom is -0.496 e. The van der Waals surface area contributed by atoms with Gasteiger partial charge < -0.3 is 9.30 Å². The van der Waals surface area contributed by atoms with E-state index in [1.807, 2.05) is 41.5 Å². The van der Waals surface area contributed by atoms with Gasteiger partial charge in [-0.15, -0.1) is 11.3 Å². The summed E-state index contributed by atoms with van der Waals surface area (Å²) in [6.07, 6.45) is 0.788. The lowest BCUT2D eigenvalue weighted by Gasteiger charge is -2.18. The molecule has 0 unspecified atom stereocenters. The molecule has 5 nitrogen and oxygen atoms in total. The molecule has 0 saturated heterocycles. The fraction of sp³-hybridized carbons (Fsp3) is 0.333. The number of aromatic nitrogens is 3. The van der Waals surface area contributed by atoms with Gasteiger partial charge in [-0.2, -0.15) is 5.10 Å². The van der Waals surface area contributed by atoms with E-state index in [0.717, 1.165) is 23.6 Å².